The van der Waals surface area contributed by atoms with Gasteiger partial charge in [-0.15, -0.1) is 0 Å². The summed E-state index contributed by atoms with van der Waals surface area (Å²) in [5.74, 6) is 6.13. The average Bonchev–Trinajstić information content (AvgIpc) is 3.03. The van der Waals surface area contributed by atoms with Crippen LogP contribution in [0.3, 0.4) is 0 Å². The van der Waals surface area contributed by atoms with Crippen molar-refractivity contribution < 1.29 is 0 Å². The first-order valence-corrected chi connectivity index (χ1v) is 6.65. The fraction of sp³-hybridized carbons (Fsp3) is 0. The van der Waals surface area contributed by atoms with Crippen LogP contribution in [0.4, 0.5) is 5.69 Å². The zero-order chi connectivity index (χ0) is 15.2. The smallest absolute Gasteiger partial charge is 0.123 e. The Hall–Kier alpha value is -3.39. The van der Waals surface area contributed by atoms with E-state index in [1.54, 1.807) is 31.0 Å². The van der Waals surface area contributed by atoms with Crippen molar-refractivity contribution in [3.05, 3.63) is 78.6 Å². The first-order valence-electron chi connectivity index (χ1n) is 6.65. The third-order valence-electron chi connectivity index (χ3n) is 2.89. The fourth-order valence-corrected chi connectivity index (χ4v) is 1.86. The minimum atomic E-state index is 0.657. The molecule has 106 valence electrons. The number of nitrogens with one attached hydrogen (secondary N) is 2. The van der Waals surface area contributed by atoms with Gasteiger partial charge in [0.05, 0.1) is 23.1 Å². The van der Waals surface area contributed by atoms with Gasteiger partial charge in [0.25, 0.3) is 0 Å². The minimum absolute atomic E-state index is 0.657. The van der Waals surface area contributed by atoms with E-state index in [0.29, 0.717) is 11.4 Å². The van der Waals surface area contributed by atoms with E-state index in [-0.39, 0.29) is 0 Å². The summed E-state index contributed by atoms with van der Waals surface area (Å²) in [5.41, 5.74) is 3.80. The highest BCUT2D eigenvalue weighted by molar-refractivity contribution is 5.76. The van der Waals surface area contributed by atoms with Gasteiger partial charge in [-0.1, -0.05) is 18.4 Å². The number of anilines is 1. The van der Waals surface area contributed by atoms with Gasteiger partial charge in [-0.05, 0) is 24.3 Å². The molecule has 3 aromatic heterocycles. The Morgan fingerprint density at radius 3 is 2.64 bits per heavy atom. The second-order valence-corrected chi connectivity index (χ2v) is 4.48. The monoisotopic (exact) mass is 287 g/mol. The second-order valence-electron chi connectivity index (χ2n) is 4.48. The number of pyridine rings is 2. The third-order valence-corrected chi connectivity index (χ3v) is 2.89. The normalized spacial score (nSPS) is 9.64. The van der Waals surface area contributed by atoms with E-state index >= 15 is 0 Å². The first-order chi connectivity index (χ1) is 10.8. The Kier molecular flexibility index (Phi) is 3.94. The molecular formula is C17H13N5. The van der Waals surface area contributed by atoms with Gasteiger partial charge in [-0.25, -0.2) is 0 Å². The number of rotatable bonds is 3. The molecule has 0 fully saturated rings. The van der Waals surface area contributed by atoms with Gasteiger partial charge in [0.2, 0.25) is 0 Å². The van der Waals surface area contributed by atoms with Crippen LogP contribution in [0.5, 0.6) is 0 Å². The maximum atomic E-state index is 4.20. The zero-order valence-electron chi connectivity index (χ0n) is 11.7. The molecule has 0 saturated heterocycles. The van der Waals surface area contributed by atoms with Crippen molar-refractivity contribution in [1.82, 2.24) is 20.2 Å². The van der Waals surface area contributed by atoms with E-state index in [9.17, 15) is 0 Å². The fourth-order valence-electron chi connectivity index (χ4n) is 1.86. The number of H-pyrrole nitrogens is 1. The standard InChI is InChI=1S/C17H13N5/c1-13(21-16-5-3-9-19-12-16)17-15(11-20-22-17)7-6-14-4-2-8-18-10-14/h2-5,8-12,21H,1H2,(H,20,22). The summed E-state index contributed by atoms with van der Waals surface area (Å²) in [6, 6.07) is 7.51. The molecule has 5 nitrogen and oxygen atoms in total. The highest BCUT2D eigenvalue weighted by Gasteiger charge is 2.08. The Labute approximate surface area is 128 Å². The van der Waals surface area contributed by atoms with Gasteiger partial charge in [0.1, 0.15) is 5.69 Å². The molecular weight excluding hydrogens is 274 g/mol. The minimum Gasteiger partial charge on any atom is -0.353 e. The number of aromatic nitrogens is 4. The lowest BCUT2D eigenvalue weighted by atomic mass is 10.2. The molecule has 0 unspecified atom stereocenters. The molecule has 0 aliphatic heterocycles. The van der Waals surface area contributed by atoms with Crippen LogP contribution in [0.1, 0.15) is 16.8 Å². The molecule has 0 bridgehead atoms. The summed E-state index contributed by atoms with van der Waals surface area (Å²) in [7, 11) is 0. The Bertz CT molecular complexity index is 825. The van der Waals surface area contributed by atoms with Gasteiger partial charge in [-0.2, -0.15) is 5.10 Å². The Morgan fingerprint density at radius 2 is 1.91 bits per heavy atom. The quantitative estimate of drug-likeness (QED) is 0.727. The summed E-state index contributed by atoms with van der Waals surface area (Å²) in [4.78, 5) is 8.09. The van der Waals surface area contributed by atoms with Crippen molar-refractivity contribution in [1.29, 1.82) is 0 Å². The molecule has 0 atom stereocenters. The lowest BCUT2D eigenvalue weighted by molar-refractivity contribution is 1.07. The average molecular weight is 287 g/mol. The molecule has 22 heavy (non-hydrogen) atoms. The lowest BCUT2D eigenvalue weighted by Crippen LogP contribution is -1.99. The van der Waals surface area contributed by atoms with Crippen molar-refractivity contribution in [2.24, 2.45) is 0 Å². The summed E-state index contributed by atoms with van der Waals surface area (Å²) >= 11 is 0. The Balaban J connectivity index is 1.81. The molecule has 0 aromatic carbocycles. The summed E-state index contributed by atoms with van der Waals surface area (Å²) in [5, 5.41) is 10.2. The topological polar surface area (TPSA) is 66.5 Å². The molecule has 0 radical (unpaired) electrons. The molecule has 3 rings (SSSR count). The first kappa shape index (κ1) is 13.6. The predicted octanol–water partition coefficient (Wildman–Crippen LogP) is 2.68. The Morgan fingerprint density at radius 1 is 1.09 bits per heavy atom. The van der Waals surface area contributed by atoms with Crippen LogP contribution < -0.4 is 5.32 Å². The summed E-state index contributed by atoms with van der Waals surface area (Å²) < 4.78 is 0. The maximum absolute atomic E-state index is 4.20. The highest BCUT2D eigenvalue weighted by atomic mass is 15.1. The number of aromatic amines is 1. The SMILES string of the molecule is C=C(Nc1cccnc1)c1n[nH]cc1C#Cc1cccnc1. The van der Waals surface area contributed by atoms with E-state index in [1.807, 2.05) is 24.3 Å². The van der Waals surface area contributed by atoms with E-state index in [1.165, 1.54) is 0 Å². The van der Waals surface area contributed by atoms with Crippen LogP contribution in [0.25, 0.3) is 5.70 Å². The largest absolute Gasteiger partial charge is 0.353 e. The van der Waals surface area contributed by atoms with Crippen LogP contribution >= 0.6 is 0 Å². The van der Waals surface area contributed by atoms with Crippen molar-refractivity contribution in [2.75, 3.05) is 5.32 Å². The van der Waals surface area contributed by atoms with Crippen LogP contribution in [0.2, 0.25) is 0 Å². The molecule has 2 N–H and O–H groups in total. The maximum Gasteiger partial charge on any atom is 0.123 e. The summed E-state index contributed by atoms with van der Waals surface area (Å²) in [6.45, 7) is 4.01. The van der Waals surface area contributed by atoms with Crippen LogP contribution in [0, 0.1) is 11.8 Å². The van der Waals surface area contributed by atoms with Crippen LogP contribution in [0.15, 0.2) is 61.8 Å². The lowest BCUT2D eigenvalue weighted by Gasteiger charge is -2.06. The zero-order valence-corrected chi connectivity index (χ0v) is 11.7. The van der Waals surface area contributed by atoms with Gasteiger partial charge in [-0.3, -0.25) is 15.1 Å². The van der Waals surface area contributed by atoms with E-state index in [0.717, 1.165) is 16.8 Å². The van der Waals surface area contributed by atoms with E-state index in [2.05, 4.69) is 43.9 Å². The molecule has 0 aliphatic rings. The van der Waals surface area contributed by atoms with Gasteiger partial charge in [0.15, 0.2) is 0 Å². The van der Waals surface area contributed by atoms with E-state index in [4.69, 9.17) is 0 Å². The van der Waals surface area contributed by atoms with Crippen molar-refractivity contribution in [3.8, 4) is 11.8 Å². The third kappa shape index (κ3) is 3.19. The predicted molar refractivity (Wildman–Crippen MR) is 85.7 cm³/mol. The number of hydrogen-bond acceptors (Lipinski definition) is 4. The number of hydrogen-bond donors (Lipinski definition) is 2. The molecule has 0 amide bonds. The van der Waals surface area contributed by atoms with Gasteiger partial charge >= 0.3 is 0 Å². The van der Waals surface area contributed by atoms with Crippen LogP contribution in [-0.4, -0.2) is 20.2 Å². The molecule has 3 aromatic rings. The molecule has 0 spiro atoms. The van der Waals surface area contributed by atoms with Crippen molar-refractivity contribution >= 4 is 11.4 Å². The van der Waals surface area contributed by atoms with Crippen molar-refractivity contribution in [2.45, 2.75) is 0 Å². The molecule has 0 saturated carbocycles. The van der Waals surface area contributed by atoms with Gasteiger partial charge < -0.3 is 5.32 Å². The highest BCUT2D eigenvalue weighted by Crippen LogP contribution is 2.17. The molecule has 5 heteroatoms. The second kappa shape index (κ2) is 6.37. The summed E-state index contributed by atoms with van der Waals surface area (Å²) in [6.07, 6.45) is 8.62. The van der Waals surface area contributed by atoms with Gasteiger partial charge in [0, 0.05) is 30.4 Å². The molecule has 0 aliphatic carbocycles. The number of nitrogens with zero attached hydrogens (tertiary/aromatic N) is 3. The van der Waals surface area contributed by atoms with Crippen LogP contribution in [-0.2, 0) is 0 Å². The van der Waals surface area contributed by atoms with Crippen molar-refractivity contribution in [3.63, 3.8) is 0 Å². The molecule has 3 heterocycles. The van der Waals surface area contributed by atoms with E-state index < -0.39 is 0 Å².